The second kappa shape index (κ2) is 11.4. The first-order chi connectivity index (χ1) is 4.18. The molecule has 0 aliphatic rings. The summed E-state index contributed by atoms with van der Waals surface area (Å²) < 4.78 is 0. The van der Waals surface area contributed by atoms with E-state index in [2.05, 4.69) is 39.0 Å². The molecule has 0 atom stereocenters. The molecule has 0 saturated carbocycles. The summed E-state index contributed by atoms with van der Waals surface area (Å²) in [5.74, 6) is 0. The van der Waals surface area contributed by atoms with Crippen LogP contribution in [0.1, 0.15) is 16.7 Å². The molecule has 0 radical (unpaired) electrons. The van der Waals surface area contributed by atoms with Crippen LogP contribution in [0.15, 0.2) is 12.1 Å². The molecule has 0 aliphatic carbocycles. The van der Waals surface area contributed by atoms with E-state index in [1.807, 2.05) is 0 Å². The average molecular weight is 266 g/mol. The molecule has 0 unspecified atom stereocenters. The van der Waals surface area contributed by atoms with Gasteiger partial charge in [-0.3, -0.25) is 0 Å². The Morgan fingerprint density at radius 1 is 1.00 bits per heavy atom. The fraction of sp³-hybridized carbons (Fsp3) is 0.333. The molecule has 0 spiro atoms. The summed E-state index contributed by atoms with van der Waals surface area (Å²) in [5.41, 5.74) is 3.78. The van der Waals surface area contributed by atoms with E-state index >= 15 is 0 Å². The molecule has 0 aromatic heterocycles. The van der Waals surface area contributed by atoms with Crippen LogP contribution in [0.2, 0.25) is 0 Å². The Morgan fingerprint density at radius 3 is 1.54 bits per heavy atom. The molecule has 1 aromatic rings. The van der Waals surface area contributed by atoms with Gasteiger partial charge in [0.05, 0.1) is 0 Å². The number of hydrogen-bond donors (Lipinski definition) is 0. The van der Waals surface area contributed by atoms with Gasteiger partial charge in [0.2, 0.25) is 0 Å². The SMILES string of the molecule is Cc1[c-]c(C)cc(C)c1.[Br-].[Cl-].[Li+].[Mg+2]. The third-order valence-electron chi connectivity index (χ3n) is 1.28. The van der Waals surface area contributed by atoms with Gasteiger partial charge in [-0.15, -0.1) is 0 Å². The summed E-state index contributed by atoms with van der Waals surface area (Å²) >= 11 is 0. The van der Waals surface area contributed by atoms with Crippen molar-refractivity contribution >= 4 is 23.1 Å². The number of hydrogen-bond acceptors (Lipinski definition) is 0. The van der Waals surface area contributed by atoms with Crippen molar-refractivity contribution in [3.63, 3.8) is 0 Å². The van der Waals surface area contributed by atoms with Crippen LogP contribution in [-0.2, 0) is 0 Å². The Labute approximate surface area is 126 Å². The summed E-state index contributed by atoms with van der Waals surface area (Å²) in [5, 5.41) is 0. The van der Waals surface area contributed by atoms with Gasteiger partial charge in [-0.2, -0.15) is 34.9 Å². The van der Waals surface area contributed by atoms with Crippen molar-refractivity contribution in [3.05, 3.63) is 34.9 Å². The largest absolute Gasteiger partial charge is 2.00 e. The van der Waals surface area contributed by atoms with Gasteiger partial charge in [-0.1, -0.05) is 20.8 Å². The third-order valence-corrected chi connectivity index (χ3v) is 1.28. The van der Waals surface area contributed by atoms with Crippen LogP contribution in [0.25, 0.3) is 0 Å². The number of aryl methyl sites for hydroxylation is 3. The predicted octanol–water partition coefficient (Wildman–Crippen LogP) is -6.96. The van der Waals surface area contributed by atoms with Crippen LogP contribution in [0, 0.1) is 26.8 Å². The van der Waals surface area contributed by atoms with Crippen molar-refractivity contribution in [3.8, 4) is 0 Å². The summed E-state index contributed by atoms with van der Waals surface area (Å²) in [6, 6.07) is 7.47. The molecule has 0 bridgehead atoms. The first-order valence-corrected chi connectivity index (χ1v) is 3.15. The average Bonchev–Trinajstić information content (AvgIpc) is 1.59. The Hall–Kier alpha value is 1.35. The number of rotatable bonds is 0. The summed E-state index contributed by atoms with van der Waals surface area (Å²) in [6.07, 6.45) is 0. The third kappa shape index (κ3) is 9.65. The zero-order valence-corrected chi connectivity index (χ0v) is 12.4. The fourth-order valence-electron chi connectivity index (χ4n) is 1.11. The van der Waals surface area contributed by atoms with E-state index in [1.54, 1.807) is 0 Å². The Morgan fingerprint density at radius 2 is 1.31 bits per heavy atom. The molecule has 1 aromatic carbocycles. The maximum atomic E-state index is 3.21. The van der Waals surface area contributed by atoms with Crippen molar-refractivity contribution in [2.45, 2.75) is 20.8 Å². The number of benzene rings is 1. The van der Waals surface area contributed by atoms with Gasteiger partial charge in [-0.05, 0) is 0 Å². The molecule has 0 N–H and O–H groups in total. The fourth-order valence-corrected chi connectivity index (χ4v) is 1.11. The van der Waals surface area contributed by atoms with Crippen LogP contribution in [-0.4, -0.2) is 23.1 Å². The maximum absolute atomic E-state index is 3.21. The van der Waals surface area contributed by atoms with Crippen molar-refractivity contribution in [2.75, 3.05) is 0 Å². The minimum atomic E-state index is 0. The Balaban J connectivity index is -0.000000101. The first-order valence-electron chi connectivity index (χ1n) is 3.15. The van der Waals surface area contributed by atoms with Gasteiger partial charge >= 0.3 is 41.9 Å². The predicted molar refractivity (Wildman–Crippen MR) is 45.2 cm³/mol. The maximum Gasteiger partial charge on any atom is 2.00 e. The number of halogens is 2. The second-order valence-electron chi connectivity index (χ2n) is 2.52. The van der Waals surface area contributed by atoms with E-state index in [-0.39, 0.29) is 71.3 Å². The molecular weight excluding hydrogens is 255 g/mol. The quantitative estimate of drug-likeness (QED) is 0.323. The topological polar surface area (TPSA) is 0 Å². The molecular formula is C9H11BrClLiMg. The zero-order chi connectivity index (χ0) is 6.85. The summed E-state index contributed by atoms with van der Waals surface area (Å²) in [7, 11) is 0. The van der Waals surface area contributed by atoms with Crippen LogP contribution in [0.5, 0.6) is 0 Å². The first kappa shape index (κ1) is 23.9. The normalized spacial score (nSPS) is 6.69. The van der Waals surface area contributed by atoms with Gasteiger partial charge in [0.15, 0.2) is 0 Å². The summed E-state index contributed by atoms with van der Waals surface area (Å²) in [4.78, 5) is 0. The van der Waals surface area contributed by atoms with E-state index in [1.165, 1.54) is 16.7 Å². The van der Waals surface area contributed by atoms with E-state index in [0.717, 1.165) is 0 Å². The standard InChI is InChI=1S/C9H11.BrH.ClH.Li.Mg/c1-7-4-8(2)6-9(3)5-7;;;;/h4-5H,1-3H3;2*1H;;/q-1;;;+1;+2/p-2. The molecule has 0 fully saturated rings. The van der Waals surface area contributed by atoms with Crippen LogP contribution >= 0.6 is 0 Å². The van der Waals surface area contributed by atoms with E-state index < -0.39 is 0 Å². The minimum Gasteiger partial charge on any atom is -1.00 e. The smallest absolute Gasteiger partial charge is 1.00 e. The van der Waals surface area contributed by atoms with Gasteiger partial charge in [0, 0.05) is 0 Å². The monoisotopic (exact) mass is 264 g/mol. The van der Waals surface area contributed by atoms with Crippen LogP contribution in [0.4, 0.5) is 0 Å². The molecule has 1 rings (SSSR count). The Kier molecular flexibility index (Phi) is 21.0. The second-order valence-corrected chi connectivity index (χ2v) is 2.52. The molecule has 0 aliphatic heterocycles. The molecule has 0 amide bonds. The van der Waals surface area contributed by atoms with E-state index in [0.29, 0.717) is 0 Å². The zero-order valence-electron chi connectivity index (χ0n) is 8.62. The molecule has 4 heteroatoms. The molecule has 0 nitrogen and oxygen atoms in total. The van der Waals surface area contributed by atoms with Gasteiger partial charge in [0.1, 0.15) is 0 Å². The van der Waals surface area contributed by atoms with E-state index in [4.69, 9.17) is 0 Å². The van der Waals surface area contributed by atoms with E-state index in [9.17, 15) is 0 Å². The molecule has 0 heterocycles. The van der Waals surface area contributed by atoms with Crippen LogP contribution in [0.3, 0.4) is 0 Å². The van der Waals surface area contributed by atoms with Gasteiger partial charge < -0.3 is 29.4 Å². The van der Waals surface area contributed by atoms with Crippen molar-refractivity contribution in [1.29, 1.82) is 0 Å². The van der Waals surface area contributed by atoms with Gasteiger partial charge in [0.25, 0.3) is 0 Å². The minimum absolute atomic E-state index is 0. The Bertz CT molecular complexity index is 180. The van der Waals surface area contributed by atoms with Crippen molar-refractivity contribution in [1.82, 2.24) is 0 Å². The molecule has 13 heavy (non-hydrogen) atoms. The summed E-state index contributed by atoms with van der Waals surface area (Å²) in [6.45, 7) is 6.24. The molecule has 64 valence electrons. The van der Waals surface area contributed by atoms with Gasteiger partial charge in [-0.25, -0.2) is 0 Å². The van der Waals surface area contributed by atoms with Crippen LogP contribution < -0.4 is 48.2 Å². The molecule has 0 saturated heterocycles. The van der Waals surface area contributed by atoms with Crippen molar-refractivity contribution in [2.24, 2.45) is 0 Å². The van der Waals surface area contributed by atoms with Crippen molar-refractivity contribution < 1.29 is 48.2 Å².